The summed E-state index contributed by atoms with van der Waals surface area (Å²) in [5.74, 6) is 0.235. The molecule has 0 aromatic heterocycles. The van der Waals surface area contributed by atoms with Gasteiger partial charge in [0.25, 0.3) is 0 Å². The molecule has 1 aromatic rings. The molecule has 1 aromatic carbocycles. The summed E-state index contributed by atoms with van der Waals surface area (Å²) in [4.78, 5) is 0.553. The molecule has 0 aliphatic heterocycles. The van der Waals surface area contributed by atoms with Crippen LogP contribution in [0.25, 0.3) is 0 Å². The molecule has 0 atom stereocenters. The molecular formula is C10H13FN2OS. The maximum Gasteiger partial charge on any atom is 0.137 e. The van der Waals surface area contributed by atoms with E-state index in [1.54, 1.807) is 19.2 Å². The first-order chi connectivity index (χ1) is 7.15. The van der Waals surface area contributed by atoms with Gasteiger partial charge in [-0.3, -0.25) is 5.41 Å². The maximum atomic E-state index is 13.4. The highest BCUT2D eigenvalue weighted by Crippen LogP contribution is 2.22. The molecule has 1 rings (SSSR count). The Balaban J connectivity index is 2.70. The van der Waals surface area contributed by atoms with Crippen LogP contribution in [0.4, 0.5) is 4.39 Å². The van der Waals surface area contributed by atoms with E-state index in [-0.39, 0.29) is 11.7 Å². The van der Waals surface area contributed by atoms with Gasteiger partial charge in [0.1, 0.15) is 11.7 Å². The molecule has 0 aliphatic carbocycles. The lowest BCUT2D eigenvalue weighted by atomic mass is 10.2. The smallest absolute Gasteiger partial charge is 0.137 e. The molecule has 0 heterocycles. The number of amidine groups is 1. The van der Waals surface area contributed by atoms with Crippen LogP contribution in [0.1, 0.15) is 5.56 Å². The second-order valence-electron chi connectivity index (χ2n) is 2.90. The highest BCUT2D eigenvalue weighted by atomic mass is 32.2. The number of benzene rings is 1. The van der Waals surface area contributed by atoms with Crippen LogP contribution >= 0.6 is 11.8 Å². The fourth-order valence-corrected chi connectivity index (χ4v) is 1.85. The maximum absolute atomic E-state index is 13.4. The number of nitrogens with two attached hydrogens (primary N) is 1. The quantitative estimate of drug-likeness (QED) is 0.350. The van der Waals surface area contributed by atoms with Gasteiger partial charge in [0, 0.05) is 23.3 Å². The zero-order chi connectivity index (χ0) is 11.3. The van der Waals surface area contributed by atoms with E-state index in [0.717, 1.165) is 0 Å². The van der Waals surface area contributed by atoms with E-state index in [9.17, 15) is 4.39 Å². The van der Waals surface area contributed by atoms with Gasteiger partial charge in [-0.05, 0) is 18.2 Å². The molecule has 0 saturated heterocycles. The Morgan fingerprint density at radius 3 is 2.87 bits per heavy atom. The topological polar surface area (TPSA) is 59.1 Å². The third kappa shape index (κ3) is 3.53. The molecule has 3 nitrogen and oxygen atoms in total. The van der Waals surface area contributed by atoms with Crippen molar-refractivity contribution >= 4 is 17.6 Å². The van der Waals surface area contributed by atoms with E-state index in [1.807, 2.05) is 0 Å². The monoisotopic (exact) mass is 228 g/mol. The fourth-order valence-electron chi connectivity index (χ4n) is 1.02. The van der Waals surface area contributed by atoms with Crippen molar-refractivity contribution in [3.63, 3.8) is 0 Å². The zero-order valence-corrected chi connectivity index (χ0v) is 9.23. The van der Waals surface area contributed by atoms with Crippen molar-refractivity contribution in [2.75, 3.05) is 19.5 Å². The van der Waals surface area contributed by atoms with Gasteiger partial charge in [-0.15, -0.1) is 11.8 Å². The van der Waals surface area contributed by atoms with Crippen molar-refractivity contribution in [1.82, 2.24) is 0 Å². The van der Waals surface area contributed by atoms with E-state index >= 15 is 0 Å². The minimum absolute atomic E-state index is 0.123. The number of nitrogen functional groups attached to an aromatic ring is 1. The van der Waals surface area contributed by atoms with Crippen molar-refractivity contribution < 1.29 is 9.13 Å². The molecule has 0 radical (unpaired) electrons. The summed E-state index contributed by atoms with van der Waals surface area (Å²) in [5, 5.41) is 7.15. The van der Waals surface area contributed by atoms with E-state index in [4.69, 9.17) is 15.9 Å². The summed E-state index contributed by atoms with van der Waals surface area (Å²) in [6.45, 7) is 0.582. The van der Waals surface area contributed by atoms with Gasteiger partial charge in [0.05, 0.1) is 6.61 Å². The SMILES string of the molecule is COCCSc1ccc(C(=N)N)cc1F. The molecule has 0 bridgehead atoms. The predicted molar refractivity (Wildman–Crippen MR) is 60.0 cm³/mol. The van der Waals surface area contributed by atoms with Crippen LogP contribution in [0.15, 0.2) is 23.1 Å². The summed E-state index contributed by atoms with van der Waals surface area (Å²) in [6.07, 6.45) is 0. The van der Waals surface area contributed by atoms with Crippen LogP contribution in [0.2, 0.25) is 0 Å². The van der Waals surface area contributed by atoms with Gasteiger partial charge >= 0.3 is 0 Å². The Morgan fingerprint density at radius 1 is 1.60 bits per heavy atom. The number of hydrogen-bond acceptors (Lipinski definition) is 3. The lowest BCUT2D eigenvalue weighted by molar-refractivity contribution is 0.218. The fraction of sp³-hybridized carbons (Fsp3) is 0.300. The standard InChI is InChI=1S/C10H13FN2OS/c1-14-4-5-15-9-3-2-7(10(12)13)6-8(9)11/h2-3,6H,4-5H2,1H3,(H3,12,13). The van der Waals surface area contributed by atoms with Crippen LogP contribution < -0.4 is 5.73 Å². The number of ether oxygens (including phenoxy) is 1. The second-order valence-corrected chi connectivity index (χ2v) is 4.04. The van der Waals surface area contributed by atoms with Crippen molar-refractivity contribution in [3.05, 3.63) is 29.6 Å². The van der Waals surface area contributed by atoms with Crippen molar-refractivity contribution in [3.8, 4) is 0 Å². The molecule has 0 spiro atoms. The summed E-state index contributed by atoms with van der Waals surface area (Å²) < 4.78 is 18.3. The van der Waals surface area contributed by atoms with Crippen LogP contribution in [-0.2, 0) is 4.74 Å². The largest absolute Gasteiger partial charge is 0.384 e. The molecule has 5 heteroatoms. The number of nitrogens with one attached hydrogen (secondary N) is 1. The third-order valence-corrected chi connectivity index (χ3v) is 2.80. The number of hydrogen-bond donors (Lipinski definition) is 2. The predicted octanol–water partition coefficient (Wildman–Crippen LogP) is 1.85. The van der Waals surface area contributed by atoms with Gasteiger partial charge < -0.3 is 10.5 Å². The summed E-state index contributed by atoms with van der Waals surface area (Å²) in [5.41, 5.74) is 5.65. The van der Waals surface area contributed by atoms with Gasteiger partial charge in [0.15, 0.2) is 0 Å². The first kappa shape index (κ1) is 12.0. The number of thioether (sulfide) groups is 1. The van der Waals surface area contributed by atoms with Crippen LogP contribution in [0, 0.1) is 11.2 Å². The molecule has 0 saturated carbocycles. The van der Waals surface area contributed by atoms with Gasteiger partial charge in [-0.25, -0.2) is 4.39 Å². The average molecular weight is 228 g/mol. The number of methoxy groups -OCH3 is 1. The van der Waals surface area contributed by atoms with Crippen molar-refractivity contribution in [1.29, 1.82) is 5.41 Å². The Labute approximate surface area is 92.3 Å². The van der Waals surface area contributed by atoms with Gasteiger partial charge in [0.2, 0.25) is 0 Å². The van der Waals surface area contributed by atoms with E-state index in [1.165, 1.54) is 17.8 Å². The van der Waals surface area contributed by atoms with E-state index in [2.05, 4.69) is 0 Å². The Kier molecular flexibility index (Phi) is 4.58. The Bertz CT molecular complexity index is 357. The molecular weight excluding hydrogens is 215 g/mol. The van der Waals surface area contributed by atoms with E-state index < -0.39 is 0 Å². The molecule has 0 aliphatic rings. The van der Waals surface area contributed by atoms with E-state index in [0.29, 0.717) is 22.8 Å². The molecule has 82 valence electrons. The lowest BCUT2D eigenvalue weighted by Gasteiger charge is -2.04. The van der Waals surface area contributed by atoms with Crippen LogP contribution in [0.3, 0.4) is 0 Å². The Morgan fingerprint density at radius 2 is 2.33 bits per heavy atom. The average Bonchev–Trinajstić information content (AvgIpc) is 2.20. The highest BCUT2D eigenvalue weighted by Gasteiger charge is 2.05. The normalized spacial score (nSPS) is 10.3. The Hall–Kier alpha value is -1.07. The molecule has 0 unspecified atom stereocenters. The number of halogens is 1. The minimum atomic E-state index is -0.344. The molecule has 3 N–H and O–H groups in total. The van der Waals surface area contributed by atoms with Gasteiger partial charge in [-0.2, -0.15) is 0 Å². The molecule has 0 amide bonds. The summed E-state index contributed by atoms with van der Waals surface area (Å²) in [6, 6.07) is 4.55. The minimum Gasteiger partial charge on any atom is -0.384 e. The zero-order valence-electron chi connectivity index (χ0n) is 8.42. The summed E-state index contributed by atoms with van der Waals surface area (Å²) in [7, 11) is 1.61. The van der Waals surface area contributed by atoms with Gasteiger partial charge in [-0.1, -0.05) is 0 Å². The number of rotatable bonds is 5. The van der Waals surface area contributed by atoms with Crippen LogP contribution in [0.5, 0.6) is 0 Å². The first-order valence-electron chi connectivity index (χ1n) is 4.41. The first-order valence-corrected chi connectivity index (χ1v) is 5.39. The second kappa shape index (κ2) is 5.72. The molecule has 15 heavy (non-hydrogen) atoms. The third-order valence-electron chi connectivity index (χ3n) is 1.79. The highest BCUT2D eigenvalue weighted by molar-refractivity contribution is 7.99. The van der Waals surface area contributed by atoms with Crippen molar-refractivity contribution in [2.45, 2.75) is 4.90 Å². The lowest BCUT2D eigenvalue weighted by Crippen LogP contribution is -2.11. The summed E-state index contributed by atoms with van der Waals surface area (Å²) >= 11 is 1.38. The van der Waals surface area contributed by atoms with Crippen molar-refractivity contribution in [2.24, 2.45) is 5.73 Å². The molecule has 0 fully saturated rings. The van der Waals surface area contributed by atoms with Crippen LogP contribution in [-0.4, -0.2) is 25.3 Å².